The summed E-state index contributed by atoms with van der Waals surface area (Å²) >= 11 is 7.14. The van der Waals surface area contributed by atoms with Crippen molar-refractivity contribution in [1.29, 1.82) is 0 Å². The molecule has 2 N–H and O–H groups in total. The van der Waals surface area contributed by atoms with Gasteiger partial charge in [-0.05, 0) is 12.1 Å². The molecule has 0 fully saturated rings. The second kappa shape index (κ2) is 3.32. The Hall–Kier alpha value is -1.13. The van der Waals surface area contributed by atoms with E-state index in [0.717, 1.165) is 10.7 Å². The van der Waals surface area contributed by atoms with Gasteiger partial charge in [0, 0.05) is 5.38 Å². The van der Waals surface area contributed by atoms with Gasteiger partial charge in [-0.3, -0.25) is 0 Å². The van der Waals surface area contributed by atoms with Gasteiger partial charge >= 0.3 is 0 Å². The summed E-state index contributed by atoms with van der Waals surface area (Å²) in [6.07, 6.45) is 0. The second-order valence-electron chi connectivity index (χ2n) is 2.42. The molecule has 2 aromatic heterocycles. The SMILES string of the molecule is Nc1cccc(-c2nc(Cl)cs2)n1. The summed E-state index contributed by atoms with van der Waals surface area (Å²) in [6.45, 7) is 0. The van der Waals surface area contributed by atoms with Crippen LogP contribution in [0.25, 0.3) is 10.7 Å². The molecule has 0 radical (unpaired) electrons. The van der Waals surface area contributed by atoms with Crippen molar-refractivity contribution < 1.29 is 0 Å². The first-order valence-corrected chi connectivity index (χ1v) is 4.85. The van der Waals surface area contributed by atoms with Crippen LogP contribution in [-0.2, 0) is 0 Å². The normalized spacial score (nSPS) is 10.2. The molecule has 0 aliphatic heterocycles. The van der Waals surface area contributed by atoms with E-state index in [-0.39, 0.29) is 0 Å². The maximum absolute atomic E-state index is 5.69. The molecule has 0 spiro atoms. The minimum Gasteiger partial charge on any atom is -0.384 e. The van der Waals surface area contributed by atoms with E-state index in [4.69, 9.17) is 17.3 Å². The first-order valence-electron chi connectivity index (χ1n) is 3.59. The zero-order chi connectivity index (χ0) is 9.26. The first kappa shape index (κ1) is 8.47. The number of pyridine rings is 1. The van der Waals surface area contributed by atoms with Gasteiger partial charge in [-0.1, -0.05) is 17.7 Å². The fourth-order valence-electron chi connectivity index (χ4n) is 0.942. The molecule has 3 nitrogen and oxygen atoms in total. The topological polar surface area (TPSA) is 51.8 Å². The Morgan fingerprint density at radius 1 is 1.31 bits per heavy atom. The van der Waals surface area contributed by atoms with Crippen molar-refractivity contribution in [3.05, 3.63) is 28.7 Å². The summed E-state index contributed by atoms with van der Waals surface area (Å²) in [4.78, 5) is 8.21. The van der Waals surface area contributed by atoms with Gasteiger partial charge < -0.3 is 5.73 Å². The highest BCUT2D eigenvalue weighted by Gasteiger charge is 2.03. The number of hydrogen-bond donors (Lipinski definition) is 1. The molecule has 2 aromatic rings. The molecule has 0 bridgehead atoms. The van der Waals surface area contributed by atoms with Crippen molar-refractivity contribution in [2.24, 2.45) is 0 Å². The quantitative estimate of drug-likeness (QED) is 0.788. The van der Waals surface area contributed by atoms with Crippen LogP contribution >= 0.6 is 22.9 Å². The summed E-state index contributed by atoms with van der Waals surface area (Å²) < 4.78 is 0. The third-order valence-corrected chi connectivity index (χ3v) is 2.65. The number of halogens is 1. The molecule has 2 heterocycles. The van der Waals surface area contributed by atoms with E-state index in [9.17, 15) is 0 Å². The molecular formula is C8H6ClN3S. The number of hydrogen-bond acceptors (Lipinski definition) is 4. The van der Waals surface area contributed by atoms with Gasteiger partial charge in [0.1, 0.15) is 21.7 Å². The molecule has 0 saturated heterocycles. The standard InChI is InChI=1S/C8H6ClN3S/c9-6-4-13-8(12-6)5-2-1-3-7(10)11-5/h1-4H,(H2,10,11). The van der Waals surface area contributed by atoms with Crippen LogP contribution in [0.3, 0.4) is 0 Å². The number of rotatable bonds is 1. The molecule has 0 amide bonds. The van der Waals surface area contributed by atoms with Gasteiger partial charge in [0.05, 0.1) is 0 Å². The smallest absolute Gasteiger partial charge is 0.143 e. The predicted octanol–water partition coefficient (Wildman–Crippen LogP) is 2.44. The molecule has 5 heteroatoms. The lowest BCUT2D eigenvalue weighted by Gasteiger charge is -1.95. The highest BCUT2D eigenvalue weighted by molar-refractivity contribution is 7.13. The van der Waals surface area contributed by atoms with E-state index in [0.29, 0.717) is 11.0 Å². The number of thiazole rings is 1. The molecule has 2 rings (SSSR count). The highest BCUT2D eigenvalue weighted by atomic mass is 35.5. The molecule has 0 saturated carbocycles. The Bertz CT molecular complexity index is 427. The van der Waals surface area contributed by atoms with E-state index in [1.165, 1.54) is 11.3 Å². The van der Waals surface area contributed by atoms with Gasteiger partial charge in [-0.2, -0.15) is 0 Å². The van der Waals surface area contributed by atoms with E-state index in [1.54, 1.807) is 11.4 Å². The van der Waals surface area contributed by atoms with E-state index >= 15 is 0 Å². The maximum Gasteiger partial charge on any atom is 0.143 e. The number of aromatic nitrogens is 2. The van der Waals surface area contributed by atoms with Crippen LogP contribution in [0.5, 0.6) is 0 Å². The lowest BCUT2D eigenvalue weighted by molar-refractivity contribution is 1.30. The third-order valence-electron chi connectivity index (χ3n) is 1.47. The van der Waals surface area contributed by atoms with Gasteiger partial charge in [0.15, 0.2) is 0 Å². The van der Waals surface area contributed by atoms with Crippen LogP contribution in [-0.4, -0.2) is 9.97 Å². The predicted molar refractivity (Wildman–Crippen MR) is 54.8 cm³/mol. The van der Waals surface area contributed by atoms with E-state index in [2.05, 4.69) is 9.97 Å². The maximum atomic E-state index is 5.69. The molecule has 0 aliphatic rings. The number of anilines is 1. The van der Waals surface area contributed by atoms with Gasteiger partial charge in [0.2, 0.25) is 0 Å². The summed E-state index contributed by atoms with van der Waals surface area (Å²) in [5.41, 5.74) is 6.30. The molecule has 0 atom stereocenters. The number of nitrogens with two attached hydrogens (primary N) is 1. The van der Waals surface area contributed by atoms with Crippen molar-refractivity contribution in [1.82, 2.24) is 9.97 Å². The van der Waals surface area contributed by atoms with Crippen LogP contribution in [0.4, 0.5) is 5.82 Å². The Balaban J connectivity index is 2.46. The van der Waals surface area contributed by atoms with Crippen molar-refractivity contribution in [2.45, 2.75) is 0 Å². The summed E-state index contributed by atoms with van der Waals surface area (Å²) in [6, 6.07) is 5.43. The van der Waals surface area contributed by atoms with Crippen molar-refractivity contribution in [3.63, 3.8) is 0 Å². The molecule has 13 heavy (non-hydrogen) atoms. The molecule has 0 aromatic carbocycles. The van der Waals surface area contributed by atoms with Crippen molar-refractivity contribution in [3.8, 4) is 10.7 Å². The molecule has 0 unspecified atom stereocenters. The minimum absolute atomic E-state index is 0.490. The lowest BCUT2D eigenvalue weighted by Crippen LogP contribution is -1.90. The molecule has 0 aliphatic carbocycles. The van der Waals surface area contributed by atoms with E-state index < -0.39 is 0 Å². The Kier molecular flexibility index (Phi) is 2.16. The Morgan fingerprint density at radius 3 is 2.77 bits per heavy atom. The summed E-state index contributed by atoms with van der Waals surface area (Å²) in [5, 5.41) is 3.04. The second-order valence-corrected chi connectivity index (χ2v) is 3.67. The van der Waals surface area contributed by atoms with Crippen LogP contribution < -0.4 is 5.73 Å². The highest BCUT2D eigenvalue weighted by Crippen LogP contribution is 2.24. The van der Waals surface area contributed by atoms with E-state index in [1.807, 2.05) is 12.1 Å². The zero-order valence-electron chi connectivity index (χ0n) is 6.57. The molecular weight excluding hydrogens is 206 g/mol. The van der Waals surface area contributed by atoms with Crippen LogP contribution in [0, 0.1) is 0 Å². The minimum atomic E-state index is 0.490. The van der Waals surface area contributed by atoms with Gasteiger partial charge in [0.25, 0.3) is 0 Å². The van der Waals surface area contributed by atoms with Crippen LogP contribution in [0.1, 0.15) is 0 Å². The van der Waals surface area contributed by atoms with Crippen molar-refractivity contribution >= 4 is 28.8 Å². The van der Waals surface area contributed by atoms with Crippen molar-refractivity contribution in [2.75, 3.05) is 5.73 Å². The summed E-state index contributed by atoms with van der Waals surface area (Å²) in [7, 11) is 0. The van der Waals surface area contributed by atoms with Gasteiger partial charge in [-0.25, -0.2) is 9.97 Å². The van der Waals surface area contributed by atoms with Crippen LogP contribution in [0.2, 0.25) is 5.15 Å². The first-order chi connectivity index (χ1) is 6.25. The fourth-order valence-corrected chi connectivity index (χ4v) is 1.86. The lowest BCUT2D eigenvalue weighted by atomic mass is 10.3. The largest absolute Gasteiger partial charge is 0.384 e. The van der Waals surface area contributed by atoms with Gasteiger partial charge in [-0.15, -0.1) is 11.3 Å². The Morgan fingerprint density at radius 2 is 2.15 bits per heavy atom. The monoisotopic (exact) mass is 211 g/mol. The summed E-state index contributed by atoms with van der Waals surface area (Å²) in [5.74, 6) is 0.490. The average Bonchev–Trinajstić information content (AvgIpc) is 2.52. The zero-order valence-corrected chi connectivity index (χ0v) is 8.14. The number of nitrogens with zero attached hydrogens (tertiary/aromatic N) is 2. The Labute approximate surface area is 84.2 Å². The third kappa shape index (κ3) is 1.79. The van der Waals surface area contributed by atoms with Crippen LogP contribution in [0.15, 0.2) is 23.6 Å². The fraction of sp³-hybridized carbons (Fsp3) is 0. The average molecular weight is 212 g/mol. The molecule has 66 valence electrons. The number of nitrogen functional groups attached to an aromatic ring is 1.